The Balaban J connectivity index is 1.58. The largest absolute Gasteiger partial charge is 0.369 e. The van der Waals surface area contributed by atoms with Crippen LogP contribution in [-0.2, 0) is 4.79 Å². The summed E-state index contributed by atoms with van der Waals surface area (Å²) in [5, 5.41) is 2.33. The fraction of sp³-hybridized carbons (Fsp3) is 0.333. The van der Waals surface area contributed by atoms with Gasteiger partial charge in [0, 0.05) is 37.4 Å². The van der Waals surface area contributed by atoms with Crippen molar-refractivity contribution in [1.29, 1.82) is 0 Å². The van der Waals surface area contributed by atoms with Crippen molar-refractivity contribution in [2.45, 2.75) is 19.9 Å². The predicted octanol–water partition coefficient (Wildman–Crippen LogP) is 3.46. The van der Waals surface area contributed by atoms with Crippen molar-refractivity contribution in [3.63, 3.8) is 0 Å². The molecule has 0 aliphatic carbocycles. The van der Waals surface area contributed by atoms with E-state index in [1.807, 2.05) is 17.0 Å². The van der Waals surface area contributed by atoms with Gasteiger partial charge < -0.3 is 10.2 Å². The molecule has 1 aliphatic rings. The summed E-state index contributed by atoms with van der Waals surface area (Å²) in [6, 6.07) is 8.58. The van der Waals surface area contributed by atoms with Gasteiger partial charge in [-0.2, -0.15) is 0 Å². The van der Waals surface area contributed by atoms with E-state index in [0.29, 0.717) is 31.7 Å². The quantitative estimate of drug-likeness (QED) is 0.612. The van der Waals surface area contributed by atoms with Crippen LogP contribution in [0.3, 0.4) is 0 Å². The molecule has 2 aromatic carbocycles. The average molecular weight is 405 g/mol. The van der Waals surface area contributed by atoms with Gasteiger partial charge >= 0.3 is 0 Å². The van der Waals surface area contributed by atoms with Crippen molar-refractivity contribution in [2.75, 3.05) is 36.4 Å². The van der Waals surface area contributed by atoms with Crippen molar-refractivity contribution < 1.29 is 22.8 Å². The van der Waals surface area contributed by atoms with E-state index in [9.17, 15) is 22.8 Å². The Morgan fingerprint density at radius 1 is 0.931 bits per heavy atom. The molecular weight excluding hydrogens is 383 g/mol. The predicted molar refractivity (Wildman–Crippen MR) is 105 cm³/mol. The molecule has 1 N–H and O–H groups in total. The van der Waals surface area contributed by atoms with Gasteiger partial charge in [0.25, 0.3) is 0 Å². The summed E-state index contributed by atoms with van der Waals surface area (Å²) < 4.78 is 40.1. The number of piperazine rings is 1. The van der Waals surface area contributed by atoms with Crippen LogP contribution in [0.5, 0.6) is 0 Å². The molecular formula is C21H22F3N3O2. The topological polar surface area (TPSA) is 52.7 Å². The molecule has 1 heterocycles. The lowest BCUT2D eigenvalue weighted by atomic mass is 10.1. The molecule has 0 bridgehead atoms. The second-order valence-corrected chi connectivity index (χ2v) is 7.01. The van der Waals surface area contributed by atoms with E-state index in [-0.39, 0.29) is 11.5 Å². The molecule has 1 amide bonds. The second kappa shape index (κ2) is 8.65. The number of Topliss-reactive ketones (excluding diaryl/α,β-unsaturated/α-hetero) is 1. The third-order valence-corrected chi connectivity index (χ3v) is 5.17. The highest BCUT2D eigenvalue weighted by atomic mass is 19.2. The molecule has 2 aromatic rings. The Hall–Kier alpha value is -2.87. The number of amides is 1. The van der Waals surface area contributed by atoms with Crippen molar-refractivity contribution >= 4 is 23.1 Å². The molecule has 1 unspecified atom stereocenters. The molecule has 0 radical (unpaired) electrons. The van der Waals surface area contributed by atoms with E-state index < -0.39 is 29.4 Å². The first-order valence-corrected chi connectivity index (χ1v) is 9.32. The molecule has 154 valence electrons. The molecule has 1 fully saturated rings. The molecule has 0 aromatic heterocycles. The number of rotatable bonds is 5. The van der Waals surface area contributed by atoms with E-state index in [1.165, 1.54) is 6.92 Å². The van der Waals surface area contributed by atoms with Crippen LogP contribution in [0.4, 0.5) is 24.5 Å². The average Bonchev–Trinajstić information content (AvgIpc) is 2.73. The van der Waals surface area contributed by atoms with Crippen LogP contribution in [0.2, 0.25) is 0 Å². The van der Waals surface area contributed by atoms with Crippen LogP contribution < -0.4 is 10.2 Å². The highest BCUT2D eigenvalue weighted by Gasteiger charge is 2.27. The molecule has 29 heavy (non-hydrogen) atoms. The van der Waals surface area contributed by atoms with Gasteiger partial charge in [-0.3, -0.25) is 14.5 Å². The van der Waals surface area contributed by atoms with Crippen molar-refractivity contribution in [3.8, 4) is 0 Å². The standard InChI is InChI=1S/C21H22F3N3O2/c1-13(21(29)25-18-8-7-17(22)19(23)20(18)24)26-9-11-27(12-10-26)16-5-3-15(4-6-16)14(2)28/h3-8,13H,9-12H2,1-2H3,(H,25,29). The van der Waals surface area contributed by atoms with E-state index in [0.717, 1.165) is 17.8 Å². The van der Waals surface area contributed by atoms with Crippen LogP contribution in [0.25, 0.3) is 0 Å². The summed E-state index contributed by atoms with van der Waals surface area (Å²) in [6.45, 7) is 5.76. The smallest absolute Gasteiger partial charge is 0.241 e. The molecule has 8 heteroatoms. The molecule has 5 nitrogen and oxygen atoms in total. The molecule has 1 atom stereocenters. The summed E-state index contributed by atoms with van der Waals surface area (Å²) in [4.78, 5) is 27.9. The van der Waals surface area contributed by atoms with Gasteiger partial charge in [0.2, 0.25) is 5.91 Å². The van der Waals surface area contributed by atoms with Crippen molar-refractivity contribution in [1.82, 2.24) is 4.90 Å². The summed E-state index contributed by atoms with van der Waals surface area (Å²) in [7, 11) is 0. The zero-order valence-corrected chi connectivity index (χ0v) is 16.2. The Labute approximate surface area is 167 Å². The molecule has 0 spiro atoms. The Kier molecular flexibility index (Phi) is 6.22. The minimum atomic E-state index is -1.61. The fourth-order valence-corrected chi connectivity index (χ4v) is 3.30. The van der Waals surface area contributed by atoms with Gasteiger partial charge in [0.15, 0.2) is 23.2 Å². The zero-order chi connectivity index (χ0) is 21.1. The molecule has 3 rings (SSSR count). The highest BCUT2D eigenvalue weighted by Crippen LogP contribution is 2.21. The monoisotopic (exact) mass is 405 g/mol. The third kappa shape index (κ3) is 4.59. The number of carbonyl (C=O) groups is 2. The number of nitrogens with one attached hydrogen (secondary N) is 1. The third-order valence-electron chi connectivity index (χ3n) is 5.17. The van der Waals surface area contributed by atoms with Crippen molar-refractivity contribution in [3.05, 3.63) is 59.4 Å². The zero-order valence-electron chi connectivity index (χ0n) is 16.2. The van der Waals surface area contributed by atoms with Crippen LogP contribution in [-0.4, -0.2) is 48.8 Å². The maximum atomic E-state index is 13.8. The number of carbonyl (C=O) groups excluding carboxylic acids is 2. The van der Waals surface area contributed by atoms with Crippen LogP contribution >= 0.6 is 0 Å². The molecule has 1 saturated heterocycles. The van der Waals surface area contributed by atoms with E-state index in [2.05, 4.69) is 10.2 Å². The number of anilines is 2. The van der Waals surface area contributed by atoms with Gasteiger partial charge in [-0.25, -0.2) is 13.2 Å². The van der Waals surface area contributed by atoms with Crippen LogP contribution in [0, 0.1) is 17.5 Å². The number of nitrogens with zero attached hydrogens (tertiary/aromatic N) is 2. The number of hydrogen-bond donors (Lipinski definition) is 1. The SMILES string of the molecule is CC(=O)c1ccc(N2CCN(C(C)C(=O)Nc3ccc(F)c(F)c3F)CC2)cc1. The second-order valence-electron chi connectivity index (χ2n) is 7.01. The van der Waals surface area contributed by atoms with Crippen LogP contribution in [0.15, 0.2) is 36.4 Å². The molecule has 0 saturated carbocycles. The molecule has 1 aliphatic heterocycles. The lowest BCUT2D eigenvalue weighted by Gasteiger charge is -2.38. The maximum absolute atomic E-state index is 13.8. The minimum absolute atomic E-state index is 0.0127. The Morgan fingerprint density at radius 2 is 1.55 bits per heavy atom. The van der Waals surface area contributed by atoms with Gasteiger partial charge in [-0.15, -0.1) is 0 Å². The first-order valence-electron chi connectivity index (χ1n) is 9.32. The summed E-state index contributed by atoms with van der Waals surface area (Å²) in [5.74, 6) is -4.81. The van der Waals surface area contributed by atoms with Crippen molar-refractivity contribution in [2.24, 2.45) is 0 Å². The van der Waals surface area contributed by atoms with Gasteiger partial charge in [0.1, 0.15) is 0 Å². The van der Waals surface area contributed by atoms with Crippen LogP contribution in [0.1, 0.15) is 24.2 Å². The minimum Gasteiger partial charge on any atom is -0.369 e. The summed E-state index contributed by atoms with van der Waals surface area (Å²) in [5.41, 5.74) is 1.27. The first kappa shape index (κ1) is 20.9. The maximum Gasteiger partial charge on any atom is 0.241 e. The number of ketones is 1. The lowest BCUT2D eigenvalue weighted by molar-refractivity contribution is -0.120. The normalized spacial score (nSPS) is 15.8. The Morgan fingerprint density at radius 3 is 2.14 bits per heavy atom. The first-order chi connectivity index (χ1) is 13.8. The van der Waals surface area contributed by atoms with E-state index in [1.54, 1.807) is 19.1 Å². The van der Waals surface area contributed by atoms with Gasteiger partial charge in [-0.1, -0.05) is 0 Å². The lowest BCUT2D eigenvalue weighted by Crippen LogP contribution is -2.52. The van der Waals surface area contributed by atoms with E-state index >= 15 is 0 Å². The number of halogens is 3. The number of benzene rings is 2. The van der Waals surface area contributed by atoms with Gasteiger partial charge in [0.05, 0.1) is 11.7 Å². The summed E-state index contributed by atoms with van der Waals surface area (Å²) in [6.07, 6.45) is 0. The number of hydrogen-bond acceptors (Lipinski definition) is 4. The van der Waals surface area contributed by atoms with E-state index in [4.69, 9.17) is 0 Å². The highest BCUT2D eigenvalue weighted by molar-refractivity contribution is 5.95. The fourth-order valence-electron chi connectivity index (χ4n) is 3.30. The van der Waals surface area contributed by atoms with Gasteiger partial charge in [-0.05, 0) is 50.2 Å². The Bertz CT molecular complexity index is 910. The summed E-state index contributed by atoms with van der Waals surface area (Å²) >= 11 is 0.